The van der Waals surface area contributed by atoms with Crippen LogP contribution in [-0.2, 0) is 16.1 Å². The summed E-state index contributed by atoms with van der Waals surface area (Å²) in [6.45, 7) is 6.02. The van der Waals surface area contributed by atoms with E-state index in [1.165, 1.54) is 11.8 Å². The Balaban J connectivity index is 2.26. The maximum Gasteiger partial charge on any atom is 0.240 e. The van der Waals surface area contributed by atoms with E-state index in [0.717, 1.165) is 11.0 Å². The standard InChI is InChI=1S/C17H24N4O2S/c1-17(2,3)19-14(22)10-21-13-9-7-6-8-12(13)18-16(21)24-11-15(23)20(4)5/h6-9H,10-11H2,1-5H3,(H,19,22). The first-order valence-electron chi connectivity index (χ1n) is 7.76. The minimum Gasteiger partial charge on any atom is -0.350 e. The largest absolute Gasteiger partial charge is 0.350 e. The van der Waals surface area contributed by atoms with Gasteiger partial charge in [-0.2, -0.15) is 0 Å². The fourth-order valence-electron chi connectivity index (χ4n) is 2.17. The van der Waals surface area contributed by atoms with Gasteiger partial charge in [-0.15, -0.1) is 0 Å². The SMILES string of the molecule is CN(C)C(=O)CSc1nc2ccccc2n1CC(=O)NC(C)(C)C. The second-order valence-corrected chi connectivity index (χ2v) is 7.79. The summed E-state index contributed by atoms with van der Waals surface area (Å²) in [5.41, 5.74) is 1.42. The Morgan fingerprint density at radius 2 is 1.92 bits per heavy atom. The Hall–Kier alpha value is -2.02. The molecular formula is C17H24N4O2S. The molecule has 7 heteroatoms. The molecule has 0 aliphatic carbocycles. The normalized spacial score (nSPS) is 11.5. The van der Waals surface area contributed by atoms with Gasteiger partial charge in [-0.25, -0.2) is 4.98 Å². The van der Waals surface area contributed by atoms with Crippen LogP contribution < -0.4 is 5.32 Å². The van der Waals surface area contributed by atoms with Gasteiger partial charge in [-0.05, 0) is 32.9 Å². The molecule has 2 amide bonds. The Bertz CT molecular complexity index is 747. The highest BCUT2D eigenvalue weighted by molar-refractivity contribution is 7.99. The molecule has 0 unspecified atom stereocenters. The molecule has 1 N–H and O–H groups in total. The van der Waals surface area contributed by atoms with Crippen molar-refractivity contribution in [3.8, 4) is 0 Å². The third kappa shape index (κ3) is 4.74. The Kier molecular flexibility index (Phi) is 5.54. The molecule has 1 aromatic heterocycles. The molecule has 0 spiro atoms. The zero-order chi connectivity index (χ0) is 17.9. The van der Waals surface area contributed by atoms with Crippen LogP contribution in [0.5, 0.6) is 0 Å². The van der Waals surface area contributed by atoms with E-state index in [4.69, 9.17) is 0 Å². The molecule has 2 aromatic rings. The number of hydrogen-bond donors (Lipinski definition) is 1. The molecule has 2 rings (SSSR count). The fourth-order valence-corrected chi connectivity index (χ4v) is 3.17. The number of para-hydroxylation sites is 2. The molecule has 0 fully saturated rings. The molecule has 1 aromatic carbocycles. The summed E-state index contributed by atoms with van der Waals surface area (Å²) in [7, 11) is 3.45. The molecule has 6 nitrogen and oxygen atoms in total. The van der Waals surface area contributed by atoms with Gasteiger partial charge in [0.25, 0.3) is 0 Å². The van der Waals surface area contributed by atoms with Crippen LogP contribution in [-0.4, -0.2) is 51.7 Å². The van der Waals surface area contributed by atoms with Gasteiger partial charge in [0.15, 0.2) is 5.16 Å². The van der Waals surface area contributed by atoms with Crippen molar-refractivity contribution in [3.05, 3.63) is 24.3 Å². The van der Waals surface area contributed by atoms with Gasteiger partial charge in [0.2, 0.25) is 11.8 Å². The number of nitrogens with one attached hydrogen (secondary N) is 1. The van der Waals surface area contributed by atoms with Gasteiger partial charge >= 0.3 is 0 Å². The summed E-state index contributed by atoms with van der Waals surface area (Å²) >= 11 is 1.35. The number of nitrogens with zero attached hydrogens (tertiary/aromatic N) is 3. The summed E-state index contributed by atoms with van der Waals surface area (Å²) < 4.78 is 1.87. The minimum atomic E-state index is -0.290. The Morgan fingerprint density at radius 1 is 1.25 bits per heavy atom. The first-order valence-corrected chi connectivity index (χ1v) is 8.75. The molecule has 0 aliphatic rings. The zero-order valence-electron chi connectivity index (χ0n) is 14.8. The monoisotopic (exact) mass is 348 g/mol. The third-order valence-corrected chi connectivity index (χ3v) is 4.22. The van der Waals surface area contributed by atoms with Crippen LogP contribution in [0.25, 0.3) is 11.0 Å². The van der Waals surface area contributed by atoms with Crippen LogP contribution in [0, 0.1) is 0 Å². The van der Waals surface area contributed by atoms with Gasteiger partial charge in [0, 0.05) is 19.6 Å². The van der Waals surface area contributed by atoms with Crippen molar-refractivity contribution in [2.45, 2.75) is 38.0 Å². The predicted octanol–water partition coefficient (Wildman–Crippen LogP) is 2.13. The number of carbonyl (C=O) groups excluding carboxylic acids is 2. The van der Waals surface area contributed by atoms with E-state index < -0.39 is 0 Å². The summed E-state index contributed by atoms with van der Waals surface area (Å²) in [5.74, 6) is 0.223. The maximum absolute atomic E-state index is 12.3. The van der Waals surface area contributed by atoms with Crippen LogP contribution in [0.3, 0.4) is 0 Å². The minimum absolute atomic E-state index is 0.0118. The molecule has 0 saturated heterocycles. The van der Waals surface area contributed by atoms with E-state index in [1.807, 2.05) is 49.6 Å². The molecule has 0 saturated carbocycles. The number of thioether (sulfide) groups is 1. The summed E-state index contributed by atoms with van der Waals surface area (Å²) in [6.07, 6.45) is 0. The molecule has 0 radical (unpaired) electrons. The lowest BCUT2D eigenvalue weighted by atomic mass is 10.1. The quantitative estimate of drug-likeness (QED) is 0.841. The fraction of sp³-hybridized carbons (Fsp3) is 0.471. The number of aromatic nitrogens is 2. The highest BCUT2D eigenvalue weighted by atomic mass is 32.2. The number of carbonyl (C=O) groups is 2. The van der Waals surface area contributed by atoms with Crippen molar-refractivity contribution >= 4 is 34.6 Å². The first kappa shape index (κ1) is 18.3. The molecule has 0 atom stereocenters. The van der Waals surface area contributed by atoms with Crippen molar-refractivity contribution in [2.75, 3.05) is 19.8 Å². The smallest absolute Gasteiger partial charge is 0.240 e. The number of rotatable bonds is 5. The number of imidazole rings is 1. The molecule has 130 valence electrons. The van der Waals surface area contributed by atoms with Gasteiger partial charge in [-0.1, -0.05) is 23.9 Å². The highest BCUT2D eigenvalue weighted by Gasteiger charge is 2.18. The lowest BCUT2D eigenvalue weighted by molar-refractivity contribution is -0.126. The summed E-state index contributed by atoms with van der Waals surface area (Å²) in [4.78, 5) is 30.3. The third-order valence-electron chi connectivity index (χ3n) is 3.26. The topological polar surface area (TPSA) is 67.2 Å². The predicted molar refractivity (Wildman–Crippen MR) is 97.0 cm³/mol. The summed E-state index contributed by atoms with van der Waals surface area (Å²) in [6, 6.07) is 7.67. The molecule has 1 heterocycles. The van der Waals surface area contributed by atoms with E-state index in [9.17, 15) is 9.59 Å². The van der Waals surface area contributed by atoms with Gasteiger partial charge in [-0.3, -0.25) is 9.59 Å². The van der Waals surface area contributed by atoms with Crippen molar-refractivity contribution in [3.63, 3.8) is 0 Å². The van der Waals surface area contributed by atoms with Gasteiger partial charge in [0.05, 0.1) is 16.8 Å². The highest BCUT2D eigenvalue weighted by Crippen LogP contribution is 2.24. The lowest BCUT2D eigenvalue weighted by Gasteiger charge is -2.21. The van der Waals surface area contributed by atoms with Gasteiger partial charge in [0.1, 0.15) is 6.54 Å². The lowest BCUT2D eigenvalue weighted by Crippen LogP contribution is -2.42. The van der Waals surface area contributed by atoms with E-state index >= 15 is 0 Å². The van der Waals surface area contributed by atoms with Crippen molar-refractivity contribution in [1.29, 1.82) is 0 Å². The molecule has 0 bridgehead atoms. The van der Waals surface area contributed by atoms with Crippen LogP contribution in [0.2, 0.25) is 0 Å². The van der Waals surface area contributed by atoms with E-state index in [2.05, 4.69) is 10.3 Å². The Morgan fingerprint density at radius 3 is 2.54 bits per heavy atom. The maximum atomic E-state index is 12.3. The van der Waals surface area contributed by atoms with Gasteiger partial charge < -0.3 is 14.8 Å². The van der Waals surface area contributed by atoms with E-state index in [1.54, 1.807) is 19.0 Å². The number of benzene rings is 1. The molecular weight excluding hydrogens is 324 g/mol. The van der Waals surface area contributed by atoms with E-state index in [0.29, 0.717) is 5.16 Å². The zero-order valence-corrected chi connectivity index (χ0v) is 15.6. The molecule has 0 aliphatic heterocycles. The summed E-state index contributed by atoms with van der Waals surface area (Å²) in [5, 5.41) is 3.64. The number of fused-ring (bicyclic) bond motifs is 1. The number of amides is 2. The van der Waals surface area contributed by atoms with Crippen LogP contribution >= 0.6 is 11.8 Å². The second kappa shape index (κ2) is 7.25. The van der Waals surface area contributed by atoms with E-state index in [-0.39, 0.29) is 29.7 Å². The van der Waals surface area contributed by atoms with Crippen LogP contribution in [0.4, 0.5) is 0 Å². The van der Waals surface area contributed by atoms with Crippen molar-refractivity contribution in [1.82, 2.24) is 19.8 Å². The molecule has 24 heavy (non-hydrogen) atoms. The average Bonchev–Trinajstić information content (AvgIpc) is 2.80. The van der Waals surface area contributed by atoms with Crippen molar-refractivity contribution < 1.29 is 9.59 Å². The van der Waals surface area contributed by atoms with Crippen LogP contribution in [0.15, 0.2) is 29.4 Å². The first-order chi connectivity index (χ1) is 11.2. The average molecular weight is 348 g/mol. The Labute approximate surface area is 146 Å². The van der Waals surface area contributed by atoms with Crippen LogP contribution in [0.1, 0.15) is 20.8 Å². The van der Waals surface area contributed by atoms with Crippen molar-refractivity contribution in [2.24, 2.45) is 0 Å². The second-order valence-electron chi connectivity index (χ2n) is 6.84. The number of hydrogen-bond acceptors (Lipinski definition) is 4.